The number of benzene rings is 2. The van der Waals surface area contributed by atoms with Crippen LogP contribution in [0.1, 0.15) is 18.1 Å². The normalized spacial score (nSPS) is 24.7. The summed E-state index contributed by atoms with van der Waals surface area (Å²) in [6, 6.07) is 19.4. The number of hydrogen-bond donors (Lipinski definition) is 1. The van der Waals surface area contributed by atoms with Gasteiger partial charge in [0.2, 0.25) is 0 Å². The van der Waals surface area contributed by atoms with Crippen molar-refractivity contribution in [3.05, 3.63) is 71.8 Å². The Balaban J connectivity index is 1.66. The molecule has 0 radical (unpaired) electrons. The predicted molar refractivity (Wildman–Crippen MR) is 97.6 cm³/mol. The second-order valence-electron chi connectivity index (χ2n) is 6.39. The molecular formula is C21H24O6. The Morgan fingerprint density at radius 2 is 1.44 bits per heavy atom. The van der Waals surface area contributed by atoms with Gasteiger partial charge >= 0.3 is 5.97 Å². The molecule has 4 atom stereocenters. The van der Waals surface area contributed by atoms with Gasteiger partial charge in [-0.2, -0.15) is 0 Å². The average molecular weight is 372 g/mol. The lowest BCUT2D eigenvalue weighted by molar-refractivity contribution is -0.160. The minimum absolute atomic E-state index is 0.00293. The van der Waals surface area contributed by atoms with E-state index in [4.69, 9.17) is 18.9 Å². The summed E-state index contributed by atoms with van der Waals surface area (Å²) in [4.78, 5) is 11.1. The summed E-state index contributed by atoms with van der Waals surface area (Å²) < 4.78 is 22.5. The molecule has 1 aliphatic rings. The van der Waals surface area contributed by atoms with E-state index in [0.29, 0.717) is 13.2 Å². The molecule has 0 aliphatic carbocycles. The van der Waals surface area contributed by atoms with Gasteiger partial charge < -0.3 is 24.1 Å². The lowest BCUT2D eigenvalue weighted by atomic mass is 10.1. The highest BCUT2D eigenvalue weighted by molar-refractivity contribution is 5.65. The van der Waals surface area contributed by atoms with E-state index in [1.165, 1.54) is 6.92 Å². The molecule has 1 fully saturated rings. The van der Waals surface area contributed by atoms with Crippen LogP contribution < -0.4 is 0 Å². The molecule has 0 amide bonds. The third-order valence-corrected chi connectivity index (χ3v) is 4.31. The SMILES string of the molecule is CC(=O)OC[C@H]1O[C@@H](O)[C@H](OCc2ccccc2)[C@@H]1OCc1ccccc1. The highest BCUT2D eigenvalue weighted by Gasteiger charge is 2.46. The van der Waals surface area contributed by atoms with Gasteiger partial charge in [0.25, 0.3) is 0 Å². The van der Waals surface area contributed by atoms with Crippen LogP contribution in [0, 0.1) is 0 Å². The quantitative estimate of drug-likeness (QED) is 0.718. The fourth-order valence-corrected chi connectivity index (χ4v) is 2.95. The van der Waals surface area contributed by atoms with Crippen molar-refractivity contribution < 1.29 is 28.8 Å². The highest BCUT2D eigenvalue weighted by Crippen LogP contribution is 2.27. The van der Waals surface area contributed by atoms with Crippen molar-refractivity contribution in [1.82, 2.24) is 0 Å². The van der Waals surface area contributed by atoms with Gasteiger partial charge in [-0.05, 0) is 11.1 Å². The van der Waals surface area contributed by atoms with Gasteiger partial charge in [0.1, 0.15) is 24.9 Å². The Labute approximate surface area is 158 Å². The summed E-state index contributed by atoms with van der Waals surface area (Å²) in [7, 11) is 0. The monoisotopic (exact) mass is 372 g/mol. The number of aliphatic hydroxyl groups is 1. The Kier molecular flexibility index (Phi) is 6.95. The molecule has 1 saturated heterocycles. The van der Waals surface area contributed by atoms with Crippen LogP contribution >= 0.6 is 0 Å². The summed E-state index contributed by atoms with van der Waals surface area (Å²) in [5.74, 6) is -0.413. The van der Waals surface area contributed by atoms with E-state index in [1.54, 1.807) is 0 Å². The second-order valence-corrected chi connectivity index (χ2v) is 6.39. The fourth-order valence-electron chi connectivity index (χ4n) is 2.95. The van der Waals surface area contributed by atoms with E-state index >= 15 is 0 Å². The fraction of sp³-hybridized carbons (Fsp3) is 0.381. The molecule has 2 aromatic carbocycles. The van der Waals surface area contributed by atoms with E-state index < -0.39 is 30.6 Å². The molecule has 1 N–H and O–H groups in total. The first-order valence-electron chi connectivity index (χ1n) is 8.91. The summed E-state index contributed by atoms with van der Waals surface area (Å²) >= 11 is 0. The lowest BCUT2D eigenvalue weighted by Gasteiger charge is -2.23. The summed E-state index contributed by atoms with van der Waals surface area (Å²) in [6.07, 6.45) is -3.01. The topological polar surface area (TPSA) is 74.2 Å². The van der Waals surface area contributed by atoms with E-state index in [9.17, 15) is 9.90 Å². The number of hydrogen-bond acceptors (Lipinski definition) is 6. The molecule has 0 saturated carbocycles. The van der Waals surface area contributed by atoms with Gasteiger partial charge in [0.15, 0.2) is 6.29 Å². The van der Waals surface area contributed by atoms with Gasteiger partial charge in [-0.1, -0.05) is 60.7 Å². The number of carbonyl (C=O) groups excluding carboxylic acids is 1. The highest BCUT2D eigenvalue weighted by atomic mass is 16.7. The van der Waals surface area contributed by atoms with Crippen molar-refractivity contribution in [1.29, 1.82) is 0 Å². The van der Waals surface area contributed by atoms with Crippen molar-refractivity contribution in [2.45, 2.75) is 44.7 Å². The minimum atomic E-state index is -1.16. The Morgan fingerprint density at radius 3 is 1.96 bits per heavy atom. The van der Waals surface area contributed by atoms with Gasteiger partial charge in [-0.3, -0.25) is 4.79 Å². The van der Waals surface area contributed by atoms with Crippen LogP contribution in [0.4, 0.5) is 0 Å². The summed E-state index contributed by atoms with van der Waals surface area (Å²) in [5, 5.41) is 10.3. The van der Waals surface area contributed by atoms with Crippen molar-refractivity contribution in [3.8, 4) is 0 Å². The molecule has 0 spiro atoms. The maximum absolute atomic E-state index is 11.1. The van der Waals surface area contributed by atoms with Gasteiger partial charge in [0, 0.05) is 6.92 Å². The Hall–Kier alpha value is -2.25. The largest absolute Gasteiger partial charge is 0.463 e. The van der Waals surface area contributed by atoms with Crippen molar-refractivity contribution in [2.75, 3.05) is 6.61 Å². The molecule has 0 unspecified atom stereocenters. The predicted octanol–water partition coefficient (Wildman–Crippen LogP) is 2.44. The molecule has 1 aliphatic heterocycles. The third-order valence-electron chi connectivity index (χ3n) is 4.31. The molecule has 6 nitrogen and oxygen atoms in total. The standard InChI is InChI=1S/C21H24O6/c1-15(22)24-14-18-19(25-12-16-8-4-2-5-9-16)20(21(23)27-18)26-13-17-10-6-3-7-11-17/h2-11,18-21,23H,12-14H2,1H3/t18-,19-,20-,21-/m1/s1. The molecular weight excluding hydrogens is 348 g/mol. The number of esters is 1. The number of carbonyl (C=O) groups is 1. The minimum Gasteiger partial charge on any atom is -0.463 e. The zero-order chi connectivity index (χ0) is 19.1. The maximum atomic E-state index is 11.1. The average Bonchev–Trinajstić information content (AvgIpc) is 2.99. The van der Waals surface area contributed by atoms with Gasteiger partial charge in [-0.25, -0.2) is 0 Å². The number of ether oxygens (including phenoxy) is 4. The van der Waals surface area contributed by atoms with E-state index in [-0.39, 0.29) is 6.61 Å². The molecule has 27 heavy (non-hydrogen) atoms. The molecule has 144 valence electrons. The molecule has 0 aromatic heterocycles. The number of rotatable bonds is 8. The first-order chi connectivity index (χ1) is 13.1. The first kappa shape index (κ1) is 19.5. The van der Waals surface area contributed by atoms with Crippen LogP contribution in [0.15, 0.2) is 60.7 Å². The van der Waals surface area contributed by atoms with Crippen LogP contribution in [0.2, 0.25) is 0 Å². The lowest BCUT2D eigenvalue weighted by Crippen LogP contribution is -2.39. The number of aliphatic hydroxyl groups excluding tert-OH is 1. The van der Waals surface area contributed by atoms with E-state index in [0.717, 1.165) is 11.1 Å². The van der Waals surface area contributed by atoms with Crippen LogP contribution in [0.25, 0.3) is 0 Å². The molecule has 2 aromatic rings. The van der Waals surface area contributed by atoms with Crippen molar-refractivity contribution in [2.24, 2.45) is 0 Å². The summed E-state index contributed by atoms with van der Waals surface area (Å²) in [6.45, 7) is 1.98. The van der Waals surface area contributed by atoms with Crippen LogP contribution in [-0.4, -0.2) is 42.3 Å². The zero-order valence-electron chi connectivity index (χ0n) is 15.2. The first-order valence-corrected chi connectivity index (χ1v) is 8.91. The Bertz CT molecular complexity index is 705. The van der Waals surface area contributed by atoms with Gasteiger partial charge in [0.05, 0.1) is 13.2 Å². The zero-order valence-corrected chi connectivity index (χ0v) is 15.2. The van der Waals surface area contributed by atoms with Gasteiger partial charge in [-0.15, -0.1) is 0 Å². The summed E-state index contributed by atoms with van der Waals surface area (Å²) in [5.41, 5.74) is 1.97. The van der Waals surface area contributed by atoms with Crippen molar-refractivity contribution >= 4 is 5.97 Å². The molecule has 0 bridgehead atoms. The molecule has 6 heteroatoms. The third kappa shape index (κ3) is 5.61. The molecule has 1 heterocycles. The van der Waals surface area contributed by atoms with E-state index in [1.807, 2.05) is 60.7 Å². The molecule has 3 rings (SSSR count). The maximum Gasteiger partial charge on any atom is 0.302 e. The van der Waals surface area contributed by atoms with Crippen LogP contribution in [0.5, 0.6) is 0 Å². The smallest absolute Gasteiger partial charge is 0.302 e. The van der Waals surface area contributed by atoms with Crippen LogP contribution in [-0.2, 0) is 37.0 Å². The van der Waals surface area contributed by atoms with Crippen molar-refractivity contribution in [3.63, 3.8) is 0 Å². The van der Waals surface area contributed by atoms with E-state index in [2.05, 4.69) is 0 Å². The Morgan fingerprint density at radius 1 is 0.926 bits per heavy atom. The van der Waals surface area contributed by atoms with Crippen LogP contribution in [0.3, 0.4) is 0 Å². The second kappa shape index (κ2) is 9.62.